The van der Waals surface area contributed by atoms with E-state index in [1.807, 2.05) is 0 Å². The van der Waals surface area contributed by atoms with Crippen LogP contribution in [0.4, 0.5) is 5.82 Å². The zero-order valence-corrected chi connectivity index (χ0v) is 13.1. The van der Waals surface area contributed by atoms with E-state index < -0.39 is 17.4 Å². The molecule has 0 atom stereocenters. The summed E-state index contributed by atoms with van der Waals surface area (Å²) in [7, 11) is 1.46. The molecule has 9 heteroatoms. The number of nitrogens with one attached hydrogen (secondary N) is 2. The van der Waals surface area contributed by atoms with Crippen molar-refractivity contribution in [2.24, 2.45) is 0 Å². The van der Waals surface area contributed by atoms with E-state index in [2.05, 4.69) is 10.6 Å². The van der Waals surface area contributed by atoms with Crippen LogP contribution in [0.5, 0.6) is 0 Å². The molecule has 0 spiro atoms. The number of carbonyl (C=O) groups is 3. The average molecular weight is 347 g/mol. The van der Waals surface area contributed by atoms with Crippen LogP contribution in [0.1, 0.15) is 31.1 Å². The second kappa shape index (κ2) is 5.50. The number of amides is 3. The number of pyridine rings is 1. The van der Waals surface area contributed by atoms with Gasteiger partial charge >= 0.3 is 0 Å². The molecule has 0 unspecified atom stereocenters. The smallest absolute Gasteiger partial charge is 0.262 e. The highest BCUT2D eigenvalue weighted by Crippen LogP contribution is 2.25. The SMILES string of the molecule is CNC(=O)c1ccc(-n2c(N)c3c(cc2=O)C(=O)NC3=O)cc1Cl. The molecule has 2 heterocycles. The predicted octanol–water partition coefficient (Wildman–Crippen LogP) is 0.316. The number of hydrogen-bond donors (Lipinski definition) is 3. The highest BCUT2D eigenvalue weighted by atomic mass is 35.5. The number of nitrogens with two attached hydrogens (primary N) is 1. The van der Waals surface area contributed by atoms with Gasteiger partial charge in [0.1, 0.15) is 5.82 Å². The average Bonchev–Trinajstić information content (AvgIpc) is 2.81. The molecule has 0 saturated heterocycles. The third kappa shape index (κ3) is 2.24. The number of nitrogens with zero attached hydrogens (tertiary/aromatic N) is 1. The minimum Gasteiger partial charge on any atom is -0.384 e. The lowest BCUT2D eigenvalue weighted by atomic mass is 10.1. The number of anilines is 1. The van der Waals surface area contributed by atoms with Gasteiger partial charge < -0.3 is 11.1 Å². The van der Waals surface area contributed by atoms with Crippen molar-refractivity contribution in [3.8, 4) is 5.69 Å². The zero-order chi connectivity index (χ0) is 17.6. The topological polar surface area (TPSA) is 123 Å². The first-order valence-electron chi connectivity index (χ1n) is 6.78. The molecule has 0 aliphatic carbocycles. The molecule has 1 aliphatic heterocycles. The molecule has 4 N–H and O–H groups in total. The van der Waals surface area contributed by atoms with Crippen LogP contribution in [-0.4, -0.2) is 29.3 Å². The Bertz CT molecular complexity index is 980. The number of hydrogen-bond acceptors (Lipinski definition) is 5. The van der Waals surface area contributed by atoms with Crippen LogP contribution in [0.25, 0.3) is 5.69 Å². The van der Waals surface area contributed by atoms with Gasteiger partial charge in [0.15, 0.2) is 0 Å². The maximum absolute atomic E-state index is 12.3. The van der Waals surface area contributed by atoms with Crippen molar-refractivity contribution in [3.63, 3.8) is 0 Å². The number of imide groups is 1. The van der Waals surface area contributed by atoms with Gasteiger partial charge in [-0.2, -0.15) is 0 Å². The van der Waals surface area contributed by atoms with Crippen molar-refractivity contribution in [2.45, 2.75) is 0 Å². The van der Waals surface area contributed by atoms with Gasteiger partial charge in [-0.1, -0.05) is 11.6 Å². The third-order valence-corrected chi connectivity index (χ3v) is 3.95. The fourth-order valence-electron chi connectivity index (χ4n) is 2.51. The number of fused-ring (bicyclic) bond motifs is 1. The Kier molecular flexibility index (Phi) is 3.61. The van der Waals surface area contributed by atoms with Gasteiger partial charge in [-0.3, -0.25) is 29.1 Å². The Morgan fingerprint density at radius 2 is 1.92 bits per heavy atom. The van der Waals surface area contributed by atoms with E-state index in [9.17, 15) is 19.2 Å². The number of rotatable bonds is 2. The van der Waals surface area contributed by atoms with Crippen molar-refractivity contribution in [1.82, 2.24) is 15.2 Å². The lowest BCUT2D eigenvalue weighted by molar-refractivity contribution is 0.0878. The largest absolute Gasteiger partial charge is 0.384 e. The summed E-state index contributed by atoms with van der Waals surface area (Å²) in [6, 6.07) is 5.31. The van der Waals surface area contributed by atoms with Crippen LogP contribution < -0.4 is 21.9 Å². The first-order chi connectivity index (χ1) is 11.3. The monoisotopic (exact) mass is 346 g/mol. The van der Waals surface area contributed by atoms with Gasteiger partial charge in [0.25, 0.3) is 23.3 Å². The van der Waals surface area contributed by atoms with Crippen LogP contribution >= 0.6 is 11.6 Å². The van der Waals surface area contributed by atoms with Gasteiger partial charge in [-0.25, -0.2) is 0 Å². The lowest BCUT2D eigenvalue weighted by Crippen LogP contribution is -2.24. The van der Waals surface area contributed by atoms with E-state index >= 15 is 0 Å². The molecule has 0 fully saturated rings. The minimum atomic E-state index is -0.672. The number of nitrogen functional groups attached to an aromatic ring is 1. The van der Waals surface area contributed by atoms with E-state index in [4.69, 9.17) is 17.3 Å². The summed E-state index contributed by atoms with van der Waals surface area (Å²) in [5.74, 6) is -1.90. The number of aromatic nitrogens is 1. The Labute approximate surface area is 140 Å². The van der Waals surface area contributed by atoms with Gasteiger partial charge in [0.05, 0.1) is 27.4 Å². The van der Waals surface area contributed by atoms with Crippen LogP contribution in [-0.2, 0) is 0 Å². The fraction of sp³-hybridized carbons (Fsp3) is 0.0667. The molecular formula is C15H11ClN4O4. The minimum absolute atomic E-state index is 0.0631. The lowest BCUT2D eigenvalue weighted by Gasteiger charge is -2.13. The normalized spacial score (nSPS) is 12.8. The zero-order valence-electron chi connectivity index (χ0n) is 12.3. The van der Waals surface area contributed by atoms with Crippen molar-refractivity contribution in [1.29, 1.82) is 0 Å². The van der Waals surface area contributed by atoms with E-state index in [1.54, 1.807) is 0 Å². The van der Waals surface area contributed by atoms with Gasteiger partial charge in [-0.15, -0.1) is 0 Å². The maximum atomic E-state index is 12.3. The molecule has 3 rings (SSSR count). The van der Waals surface area contributed by atoms with Crippen molar-refractivity contribution < 1.29 is 14.4 Å². The first-order valence-corrected chi connectivity index (χ1v) is 7.16. The highest BCUT2D eigenvalue weighted by Gasteiger charge is 2.31. The van der Waals surface area contributed by atoms with Crippen LogP contribution in [0.3, 0.4) is 0 Å². The number of benzene rings is 1. The summed E-state index contributed by atoms with van der Waals surface area (Å²) in [6.07, 6.45) is 0. The molecule has 3 amide bonds. The molecule has 1 aromatic heterocycles. The molecular weight excluding hydrogens is 336 g/mol. The van der Waals surface area contributed by atoms with E-state index in [0.717, 1.165) is 10.6 Å². The van der Waals surface area contributed by atoms with Crippen LogP contribution in [0.2, 0.25) is 5.02 Å². The third-order valence-electron chi connectivity index (χ3n) is 3.64. The van der Waals surface area contributed by atoms with Gasteiger partial charge in [0, 0.05) is 13.1 Å². The molecule has 24 heavy (non-hydrogen) atoms. The highest BCUT2D eigenvalue weighted by molar-refractivity contribution is 6.34. The van der Waals surface area contributed by atoms with Crippen LogP contribution in [0, 0.1) is 0 Å². The molecule has 1 aliphatic rings. The molecule has 0 radical (unpaired) electrons. The summed E-state index contributed by atoms with van der Waals surface area (Å²) in [6.45, 7) is 0. The van der Waals surface area contributed by atoms with Crippen molar-refractivity contribution in [3.05, 3.63) is 56.3 Å². The second-order valence-electron chi connectivity index (χ2n) is 5.02. The fourth-order valence-corrected chi connectivity index (χ4v) is 2.77. The van der Waals surface area contributed by atoms with Gasteiger partial charge in [0.2, 0.25) is 0 Å². The quantitative estimate of drug-likeness (QED) is 0.675. The van der Waals surface area contributed by atoms with Crippen molar-refractivity contribution in [2.75, 3.05) is 12.8 Å². The molecule has 0 saturated carbocycles. The Morgan fingerprint density at radius 3 is 2.54 bits per heavy atom. The predicted molar refractivity (Wildman–Crippen MR) is 86.6 cm³/mol. The van der Waals surface area contributed by atoms with E-state index in [-0.39, 0.29) is 39.1 Å². The van der Waals surface area contributed by atoms with Gasteiger partial charge in [-0.05, 0) is 18.2 Å². The standard InChI is InChI=1S/C15H11ClN4O4/c1-18-13(22)7-3-2-6(4-9(7)16)20-10(21)5-8-11(12(20)17)15(24)19-14(8)23/h2-5H,17H2,1H3,(H,18,22)(H,19,23,24). The summed E-state index contributed by atoms with van der Waals surface area (Å²) < 4.78 is 1.05. The summed E-state index contributed by atoms with van der Waals surface area (Å²) in [4.78, 5) is 47.4. The molecule has 0 bridgehead atoms. The van der Waals surface area contributed by atoms with E-state index in [0.29, 0.717) is 0 Å². The Balaban J connectivity index is 2.22. The number of halogens is 1. The van der Waals surface area contributed by atoms with E-state index in [1.165, 1.54) is 25.2 Å². The Morgan fingerprint density at radius 1 is 1.21 bits per heavy atom. The molecule has 122 valence electrons. The molecule has 1 aromatic carbocycles. The summed E-state index contributed by atoms with van der Waals surface area (Å²) >= 11 is 6.08. The second-order valence-corrected chi connectivity index (χ2v) is 5.43. The summed E-state index contributed by atoms with van der Waals surface area (Å²) in [5, 5.41) is 4.63. The number of carbonyl (C=O) groups excluding carboxylic acids is 3. The van der Waals surface area contributed by atoms with Crippen LogP contribution in [0.15, 0.2) is 29.1 Å². The Hall–Kier alpha value is -3.13. The summed E-state index contributed by atoms with van der Waals surface area (Å²) in [5.41, 5.74) is 5.69. The maximum Gasteiger partial charge on any atom is 0.262 e. The molecule has 8 nitrogen and oxygen atoms in total. The molecule has 2 aromatic rings. The van der Waals surface area contributed by atoms with Crippen molar-refractivity contribution >= 4 is 35.1 Å². The first kappa shape index (κ1) is 15.8.